The molecule has 2 heteroatoms. The standard InChI is InChI=1S/C15H20OS/c1-11(2)9-12-5-3-6-13(10-12)15(16)14-7-4-8-17-14/h3,5-6,10-11,14H,4,7-9H2,1-2H3. The van der Waals surface area contributed by atoms with E-state index >= 15 is 0 Å². The van der Waals surface area contributed by atoms with E-state index in [4.69, 9.17) is 0 Å². The van der Waals surface area contributed by atoms with Crippen molar-refractivity contribution in [3.63, 3.8) is 0 Å². The molecule has 0 saturated carbocycles. The van der Waals surface area contributed by atoms with Gasteiger partial charge >= 0.3 is 0 Å². The Bertz CT molecular complexity index is 392. The van der Waals surface area contributed by atoms with Crippen LogP contribution in [0.25, 0.3) is 0 Å². The monoisotopic (exact) mass is 248 g/mol. The highest BCUT2D eigenvalue weighted by Gasteiger charge is 2.24. The zero-order chi connectivity index (χ0) is 12.3. The third kappa shape index (κ3) is 3.35. The number of hydrogen-bond donors (Lipinski definition) is 0. The van der Waals surface area contributed by atoms with Gasteiger partial charge in [0, 0.05) is 5.56 Å². The number of carbonyl (C=O) groups excluding carboxylic acids is 1. The van der Waals surface area contributed by atoms with Crippen LogP contribution in [0.4, 0.5) is 0 Å². The lowest BCUT2D eigenvalue weighted by Gasteiger charge is -2.10. The molecular formula is C15H20OS. The first-order valence-electron chi connectivity index (χ1n) is 6.41. The minimum atomic E-state index is 0.212. The molecule has 0 aliphatic carbocycles. The largest absolute Gasteiger partial charge is 0.293 e. The molecule has 1 unspecified atom stereocenters. The smallest absolute Gasteiger partial charge is 0.175 e. The van der Waals surface area contributed by atoms with Gasteiger partial charge in [-0.25, -0.2) is 0 Å². The molecule has 0 aromatic heterocycles. The summed E-state index contributed by atoms with van der Waals surface area (Å²) in [6, 6.07) is 8.19. The molecule has 1 aliphatic heterocycles. The van der Waals surface area contributed by atoms with Crippen molar-refractivity contribution in [2.75, 3.05) is 5.75 Å². The molecule has 1 atom stereocenters. The predicted octanol–water partition coefficient (Wildman–Crippen LogP) is 3.96. The van der Waals surface area contributed by atoms with Gasteiger partial charge in [-0.1, -0.05) is 32.0 Å². The van der Waals surface area contributed by atoms with E-state index in [0.717, 1.165) is 24.2 Å². The van der Waals surface area contributed by atoms with Crippen LogP contribution in [0.1, 0.15) is 42.6 Å². The summed E-state index contributed by atoms with van der Waals surface area (Å²) in [7, 11) is 0. The summed E-state index contributed by atoms with van der Waals surface area (Å²) in [4.78, 5) is 12.3. The third-order valence-corrected chi connectivity index (χ3v) is 4.45. The SMILES string of the molecule is CC(C)Cc1cccc(C(=O)C2CCCS2)c1. The lowest BCUT2D eigenvalue weighted by molar-refractivity contribution is 0.0988. The number of Topliss-reactive ketones (excluding diaryl/α,β-unsaturated/α-hetero) is 1. The first kappa shape index (κ1) is 12.7. The van der Waals surface area contributed by atoms with Gasteiger partial charge in [0.1, 0.15) is 0 Å². The molecular weight excluding hydrogens is 228 g/mol. The van der Waals surface area contributed by atoms with E-state index in [1.807, 2.05) is 23.9 Å². The van der Waals surface area contributed by atoms with Crippen LogP contribution in [0.2, 0.25) is 0 Å². The van der Waals surface area contributed by atoms with Crippen LogP contribution in [0.15, 0.2) is 24.3 Å². The van der Waals surface area contributed by atoms with Gasteiger partial charge in [0.2, 0.25) is 0 Å². The number of rotatable bonds is 4. The van der Waals surface area contributed by atoms with Crippen molar-refractivity contribution in [2.24, 2.45) is 5.92 Å². The second-order valence-electron chi connectivity index (χ2n) is 5.16. The van der Waals surface area contributed by atoms with E-state index < -0.39 is 0 Å². The molecule has 1 heterocycles. The van der Waals surface area contributed by atoms with Gasteiger partial charge in [-0.05, 0) is 42.6 Å². The summed E-state index contributed by atoms with van der Waals surface area (Å²) >= 11 is 1.82. The van der Waals surface area contributed by atoms with Gasteiger partial charge in [-0.15, -0.1) is 0 Å². The van der Waals surface area contributed by atoms with Crippen LogP contribution in [0, 0.1) is 5.92 Å². The van der Waals surface area contributed by atoms with Crippen LogP contribution in [0.3, 0.4) is 0 Å². The molecule has 2 rings (SSSR count). The Morgan fingerprint density at radius 2 is 2.29 bits per heavy atom. The topological polar surface area (TPSA) is 17.1 Å². The average molecular weight is 248 g/mol. The molecule has 1 fully saturated rings. The molecule has 1 nitrogen and oxygen atoms in total. The van der Waals surface area contributed by atoms with Gasteiger partial charge in [-0.3, -0.25) is 4.79 Å². The van der Waals surface area contributed by atoms with Gasteiger partial charge in [0.05, 0.1) is 5.25 Å². The van der Waals surface area contributed by atoms with Crippen molar-refractivity contribution in [2.45, 2.75) is 38.4 Å². The van der Waals surface area contributed by atoms with Crippen LogP contribution in [-0.4, -0.2) is 16.8 Å². The lowest BCUT2D eigenvalue weighted by atomic mass is 9.98. The van der Waals surface area contributed by atoms with Crippen LogP contribution >= 0.6 is 11.8 Å². The van der Waals surface area contributed by atoms with E-state index in [2.05, 4.69) is 26.0 Å². The summed E-state index contributed by atoms with van der Waals surface area (Å²) in [5, 5.41) is 0.212. The normalized spacial score (nSPS) is 19.8. The van der Waals surface area contributed by atoms with Crippen LogP contribution in [0.5, 0.6) is 0 Å². The molecule has 0 amide bonds. The fraction of sp³-hybridized carbons (Fsp3) is 0.533. The number of carbonyl (C=O) groups is 1. The summed E-state index contributed by atoms with van der Waals surface area (Å²) in [5.74, 6) is 2.11. The van der Waals surface area contributed by atoms with Gasteiger partial charge in [0.25, 0.3) is 0 Å². The first-order valence-corrected chi connectivity index (χ1v) is 7.46. The second kappa shape index (κ2) is 5.72. The quantitative estimate of drug-likeness (QED) is 0.750. The van der Waals surface area contributed by atoms with E-state index in [1.165, 1.54) is 12.0 Å². The molecule has 0 N–H and O–H groups in total. The van der Waals surface area contributed by atoms with Crippen molar-refractivity contribution in [3.8, 4) is 0 Å². The van der Waals surface area contributed by atoms with Gasteiger partial charge in [-0.2, -0.15) is 11.8 Å². The summed E-state index contributed by atoms with van der Waals surface area (Å²) in [6.07, 6.45) is 3.30. The van der Waals surface area contributed by atoms with E-state index in [1.54, 1.807) is 0 Å². The summed E-state index contributed by atoms with van der Waals surface area (Å²) in [5.41, 5.74) is 2.19. The third-order valence-electron chi connectivity index (χ3n) is 3.08. The van der Waals surface area contributed by atoms with Gasteiger partial charge in [0.15, 0.2) is 5.78 Å². The molecule has 1 aromatic carbocycles. The molecule has 1 aliphatic rings. The molecule has 0 bridgehead atoms. The van der Waals surface area contributed by atoms with Gasteiger partial charge < -0.3 is 0 Å². The Kier molecular flexibility index (Phi) is 4.27. The fourth-order valence-corrected chi connectivity index (χ4v) is 3.53. The molecule has 1 aromatic rings. The maximum absolute atomic E-state index is 12.3. The van der Waals surface area contributed by atoms with E-state index in [-0.39, 0.29) is 5.25 Å². The van der Waals surface area contributed by atoms with E-state index in [0.29, 0.717) is 11.7 Å². The molecule has 92 valence electrons. The van der Waals surface area contributed by atoms with Crippen LogP contribution in [-0.2, 0) is 6.42 Å². The highest BCUT2D eigenvalue weighted by atomic mass is 32.2. The Morgan fingerprint density at radius 1 is 1.47 bits per heavy atom. The zero-order valence-electron chi connectivity index (χ0n) is 10.6. The number of ketones is 1. The highest BCUT2D eigenvalue weighted by Crippen LogP contribution is 2.29. The average Bonchev–Trinajstić information content (AvgIpc) is 2.81. The number of thioether (sulfide) groups is 1. The summed E-state index contributed by atoms with van der Waals surface area (Å²) in [6.45, 7) is 4.42. The second-order valence-corrected chi connectivity index (χ2v) is 6.47. The zero-order valence-corrected chi connectivity index (χ0v) is 11.4. The Morgan fingerprint density at radius 3 is 2.94 bits per heavy atom. The minimum absolute atomic E-state index is 0.212. The molecule has 17 heavy (non-hydrogen) atoms. The summed E-state index contributed by atoms with van der Waals surface area (Å²) < 4.78 is 0. The van der Waals surface area contributed by atoms with E-state index in [9.17, 15) is 4.79 Å². The lowest BCUT2D eigenvalue weighted by Crippen LogP contribution is -2.14. The Balaban J connectivity index is 2.12. The van der Waals surface area contributed by atoms with Crippen LogP contribution < -0.4 is 0 Å². The minimum Gasteiger partial charge on any atom is -0.293 e. The maximum Gasteiger partial charge on any atom is 0.175 e. The first-order chi connectivity index (χ1) is 8.16. The molecule has 1 saturated heterocycles. The molecule has 0 radical (unpaired) electrons. The van der Waals surface area contributed by atoms with Crippen molar-refractivity contribution < 1.29 is 4.79 Å². The maximum atomic E-state index is 12.3. The number of hydrogen-bond acceptors (Lipinski definition) is 2. The highest BCUT2D eigenvalue weighted by molar-refractivity contribution is 8.00. The Labute approximate surface area is 108 Å². The Hall–Kier alpha value is -0.760. The predicted molar refractivity (Wildman–Crippen MR) is 74.8 cm³/mol. The molecule has 0 spiro atoms. The van der Waals surface area contributed by atoms with Crippen molar-refractivity contribution in [3.05, 3.63) is 35.4 Å². The number of benzene rings is 1. The van der Waals surface area contributed by atoms with Crippen molar-refractivity contribution in [1.82, 2.24) is 0 Å². The fourth-order valence-electron chi connectivity index (χ4n) is 2.29. The van der Waals surface area contributed by atoms with Crippen molar-refractivity contribution in [1.29, 1.82) is 0 Å². The van der Waals surface area contributed by atoms with Crippen molar-refractivity contribution >= 4 is 17.5 Å².